The molecule has 0 fully saturated rings. The van der Waals surface area contributed by atoms with Crippen LogP contribution in [0.2, 0.25) is 0 Å². The molecule has 0 saturated carbocycles. The number of hydrogen-bond donors (Lipinski definition) is 0. The van der Waals surface area contributed by atoms with Gasteiger partial charge in [0.25, 0.3) is 0 Å². The Morgan fingerprint density at radius 1 is 0.571 bits per heavy atom. The highest BCUT2D eigenvalue weighted by atomic mass is 31.0. The van der Waals surface area contributed by atoms with Crippen molar-refractivity contribution in [2.24, 2.45) is 21.7 Å². The molecule has 3 atom stereocenters. The molecule has 0 radical (unpaired) electrons. The Labute approximate surface area is 183 Å². The molecule has 0 bridgehead atoms. The molecule has 162 valence electrons. The van der Waals surface area contributed by atoms with Crippen molar-refractivity contribution < 1.29 is 0 Å². The van der Waals surface area contributed by atoms with Crippen molar-refractivity contribution in [2.45, 2.75) is 99.6 Å². The first-order valence-corrected chi connectivity index (χ1v) is 12.5. The van der Waals surface area contributed by atoms with Crippen molar-refractivity contribution in [3.05, 3.63) is 34.9 Å². The van der Waals surface area contributed by atoms with Crippen LogP contribution >= 0.6 is 27.7 Å². The summed E-state index contributed by atoms with van der Waals surface area (Å²) in [5.41, 5.74) is 4.70. The molecule has 0 spiro atoms. The van der Waals surface area contributed by atoms with Gasteiger partial charge in [-0.15, -0.1) is 27.7 Å². The Balaban J connectivity index is 4.18. The summed E-state index contributed by atoms with van der Waals surface area (Å²) in [6.07, 6.45) is 0.983. The first-order chi connectivity index (χ1) is 12.2. The molecule has 0 amide bonds. The molecule has 1 aromatic rings. The van der Waals surface area contributed by atoms with Crippen LogP contribution in [-0.2, 0) is 16.5 Å². The average Bonchev–Trinajstić information content (AvgIpc) is 2.48. The summed E-state index contributed by atoms with van der Waals surface area (Å²) in [6, 6.07) is 7.25. The van der Waals surface area contributed by atoms with Gasteiger partial charge < -0.3 is 0 Å². The molecular formula is C25H47P3. The highest BCUT2D eigenvalue weighted by Gasteiger charge is 2.54. The standard InChI is InChI=1S/C25H47P3/c1-20(2,3)24(27,21(4,5)6)18-14-13-17(16-26)15-19(18)25(28,22(7,8)9)23(10,11)12/h13-15H,16,26-28H2,1-12H3. The van der Waals surface area contributed by atoms with Gasteiger partial charge in [0.1, 0.15) is 0 Å². The largest absolute Gasteiger partial charge is 0.133 e. The maximum Gasteiger partial charge on any atom is 0.0197 e. The van der Waals surface area contributed by atoms with Gasteiger partial charge >= 0.3 is 0 Å². The van der Waals surface area contributed by atoms with Crippen LogP contribution in [0.1, 0.15) is 99.8 Å². The highest BCUT2D eigenvalue weighted by molar-refractivity contribution is 7.19. The number of hydrogen-bond acceptors (Lipinski definition) is 0. The maximum atomic E-state index is 3.32. The molecule has 0 aliphatic heterocycles. The van der Waals surface area contributed by atoms with Gasteiger partial charge in [-0.25, -0.2) is 0 Å². The summed E-state index contributed by atoms with van der Waals surface area (Å²) in [5, 5.41) is -0.128. The SMILES string of the molecule is CC(C)(C)C(P)(c1ccc(CP)cc1C(P)(C(C)(C)C)C(C)(C)C)C(C)(C)C. The fourth-order valence-electron chi connectivity index (χ4n) is 5.25. The molecule has 28 heavy (non-hydrogen) atoms. The van der Waals surface area contributed by atoms with E-state index >= 15 is 0 Å². The van der Waals surface area contributed by atoms with Crippen LogP contribution in [0.25, 0.3) is 0 Å². The fraction of sp³-hybridized carbons (Fsp3) is 0.760. The molecule has 3 unspecified atom stereocenters. The third-order valence-corrected chi connectivity index (χ3v) is 11.5. The van der Waals surface area contributed by atoms with Gasteiger partial charge in [0.15, 0.2) is 0 Å². The van der Waals surface area contributed by atoms with Crippen LogP contribution in [0, 0.1) is 21.7 Å². The van der Waals surface area contributed by atoms with Gasteiger partial charge in [0.05, 0.1) is 0 Å². The molecule has 1 rings (SSSR count). The van der Waals surface area contributed by atoms with Crippen LogP contribution in [0.4, 0.5) is 0 Å². The first-order valence-electron chi connectivity index (χ1n) is 10.6. The minimum Gasteiger partial charge on any atom is -0.133 e. The Kier molecular flexibility index (Phi) is 7.48. The first kappa shape index (κ1) is 26.5. The lowest BCUT2D eigenvalue weighted by Gasteiger charge is -2.57. The topological polar surface area (TPSA) is 0 Å². The minimum absolute atomic E-state index is 0.0624. The zero-order valence-corrected chi connectivity index (χ0v) is 24.1. The van der Waals surface area contributed by atoms with E-state index < -0.39 is 0 Å². The normalized spacial score (nSPS) is 15.1. The quantitative estimate of drug-likeness (QED) is 0.414. The van der Waals surface area contributed by atoms with Crippen molar-refractivity contribution in [3.63, 3.8) is 0 Å². The molecule has 0 saturated heterocycles. The van der Waals surface area contributed by atoms with E-state index in [0.717, 1.165) is 6.16 Å². The van der Waals surface area contributed by atoms with Gasteiger partial charge in [0, 0.05) is 10.3 Å². The van der Waals surface area contributed by atoms with Gasteiger partial charge in [-0.05, 0) is 44.5 Å². The molecule has 0 nitrogen and oxygen atoms in total. The third-order valence-electron chi connectivity index (χ3n) is 6.90. The smallest absolute Gasteiger partial charge is 0.0197 e. The third kappa shape index (κ3) is 4.28. The lowest BCUT2D eigenvalue weighted by Crippen LogP contribution is -2.50. The zero-order valence-electron chi connectivity index (χ0n) is 20.7. The van der Waals surface area contributed by atoms with E-state index in [1.807, 2.05) is 0 Å². The Morgan fingerprint density at radius 3 is 1.18 bits per heavy atom. The maximum absolute atomic E-state index is 3.32. The highest BCUT2D eigenvalue weighted by Crippen LogP contribution is 2.64. The van der Waals surface area contributed by atoms with Crippen LogP contribution in [-0.4, -0.2) is 0 Å². The second-order valence-electron chi connectivity index (χ2n) is 12.7. The summed E-state index contributed by atoms with van der Waals surface area (Å²) in [7, 11) is 9.54. The Morgan fingerprint density at radius 2 is 0.893 bits per heavy atom. The number of benzene rings is 1. The van der Waals surface area contributed by atoms with Gasteiger partial charge in [-0.2, -0.15) is 0 Å². The van der Waals surface area contributed by atoms with E-state index in [4.69, 9.17) is 0 Å². The van der Waals surface area contributed by atoms with Crippen LogP contribution < -0.4 is 0 Å². The van der Waals surface area contributed by atoms with E-state index in [0.29, 0.717) is 0 Å². The van der Waals surface area contributed by atoms with E-state index in [1.54, 1.807) is 0 Å². The van der Waals surface area contributed by atoms with Crippen molar-refractivity contribution in [2.75, 3.05) is 0 Å². The van der Waals surface area contributed by atoms with E-state index in [2.05, 4.69) is 129 Å². The van der Waals surface area contributed by atoms with E-state index in [1.165, 1.54) is 16.7 Å². The van der Waals surface area contributed by atoms with Crippen molar-refractivity contribution in [3.8, 4) is 0 Å². The van der Waals surface area contributed by atoms with E-state index in [-0.39, 0.29) is 32.0 Å². The van der Waals surface area contributed by atoms with Crippen molar-refractivity contribution >= 4 is 27.7 Å². The van der Waals surface area contributed by atoms with Crippen LogP contribution in [0.3, 0.4) is 0 Å². The Bertz CT molecular complexity index is 660. The summed E-state index contributed by atoms with van der Waals surface area (Å²) in [6.45, 7) is 28.7. The molecule has 0 aliphatic rings. The second-order valence-corrected chi connectivity index (χ2v) is 14.8. The number of rotatable bonds is 3. The monoisotopic (exact) mass is 440 g/mol. The summed E-state index contributed by atoms with van der Waals surface area (Å²) >= 11 is 0. The molecule has 1 aromatic carbocycles. The lowest BCUT2D eigenvalue weighted by atomic mass is 9.56. The van der Waals surface area contributed by atoms with E-state index in [9.17, 15) is 0 Å². The van der Waals surface area contributed by atoms with Crippen LogP contribution in [0.15, 0.2) is 18.2 Å². The molecule has 0 aliphatic carbocycles. The predicted molar refractivity (Wildman–Crippen MR) is 140 cm³/mol. The summed E-state index contributed by atoms with van der Waals surface area (Å²) in [4.78, 5) is 0. The van der Waals surface area contributed by atoms with Gasteiger partial charge in [0.2, 0.25) is 0 Å². The summed E-state index contributed by atoms with van der Waals surface area (Å²) in [5.74, 6) is 0. The van der Waals surface area contributed by atoms with Crippen molar-refractivity contribution in [1.29, 1.82) is 0 Å². The van der Waals surface area contributed by atoms with Gasteiger partial charge in [-0.3, -0.25) is 0 Å². The Hall–Kier alpha value is 0.510. The molecular weight excluding hydrogens is 393 g/mol. The molecule has 3 heteroatoms. The molecule has 0 N–H and O–H groups in total. The molecule has 0 aromatic heterocycles. The zero-order chi connectivity index (χ0) is 22.6. The molecule has 0 heterocycles. The predicted octanol–water partition coefficient (Wildman–Crippen LogP) is 8.39. The average molecular weight is 441 g/mol. The van der Waals surface area contributed by atoms with Crippen LogP contribution in [0.5, 0.6) is 0 Å². The second kappa shape index (κ2) is 7.89. The lowest BCUT2D eigenvalue weighted by molar-refractivity contribution is 0.118. The van der Waals surface area contributed by atoms with Crippen molar-refractivity contribution in [1.82, 2.24) is 0 Å². The van der Waals surface area contributed by atoms with Gasteiger partial charge in [-0.1, -0.05) is 101 Å². The minimum atomic E-state index is -0.0660. The fourth-order valence-corrected chi connectivity index (χ4v) is 6.00. The summed E-state index contributed by atoms with van der Waals surface area (Å²) < 4.78 is 0.